The lowest BCUT2D eigenvalue weighted by molar-refractivity contribution is 0.0174. The van der Waals surface area contributed by atoms with Crippen molar-refractivity contribution in [3.05, 3.63) is 71.8 Å². The molecular formula is C25H26F2N2O2. The fourth-order valence-electron chi connectivity index (χ4n) is 4.04. The number of ether oxygens (including phenoxy) is 1. The Morgan fingerprint density at radius 3 is 2.65 bits per heavy atom. The van der Waals surface area contributed by atoms with E-state index in [4.69, 9.17) is 10.5 Å². The number of nitrogens with zero attached hydrogens (tertiary/aromatic N) is 1. The van der Waals surface area contributed by atoms with Crippen LogP contribution in [-0.4, -0.2) is 30.4 Å². The second-order valence-corrected chi connectivity index (χ2v) is 8.20. The molecule has 3 aromatic carbocycles. The van der Waals surface area contributed by atoms with E-state index in [9.17, 15) is 13.6 Å². The number of nitrogens with two attached hydrogens (primary N) is 1. The van der Waals surface area contributed by atoms with Gasteiger partial charge in [0.25, 0.3) is 11.8 Å². The van der Waals surface area contributed by atoms with Gasteiger partial charge in [0.2, 0.25) is 0 Å². The van der Waals surface area contributed by atoms with Crippen LogP contribution in [0.4, 0.5) is 8.78 Å². The quantitative estimate of drug-likeness (QED) is 0.584. The minimum Gasteiger partial charge on any atom is -0.457 e. The molecule has 31 heavy (non-hydrogen) atoms. The highest BCUT2D eigenvalue weighted by molar-refractivity contribution is 6.00. The van der Waals surface area contributed by atoms with Crippen LogP contribution in [0.5, 0.6) is 11.5 Å². The van der Waals surface area contributed by atoms with Gasteiger partial charge in [-0.15, -0.1) is 0 Å². The second kappa shape index (κ2) is 8.63. The summed E-state index contributed by atoms with van der Waals surface area (Å²) in [4.78, 5) is 14.9. The average molecular weight is 424 g/mol. The van der Waals surface area contributed by atoms with Crippen LogP contribution < -0.4 is 10.5 Å². The summed E-state index contributed by atoms with van der Waals surface area (Å²) in [7, 11) is 0. The number of piperidine rings is 1. The van der Waals surface area contributed by atoms with Crippen LogP contribution in [0.1, 0.15) is 35.7 Å². The average Bonchev–Trinajstić information content (AvgIpc) is 2.78. The van der Waals surface area contributed by atoms with E-state index in [1.807, 2.05) is 41.3 Å². The Morgan fingerprint density at radius 1 is 1.16 bits per heavy atom. The molecule has 0 bridgehead atoms. The normalized spacial score (nSPS) is 17.0. The molecule has 162 valence electrons. The van der Waals surface area contributed by atoms with Gasteiger partial charge in [-0.2, -0.15) is 0 Å². The highest BCUT2D eigenvalue weighted by Crippen LogP contribution is 2.33. The Balaban J connectivity index is 1.56. The number of alkyl halides is 2. The van der Waals surface area contributed by atoms with Crippen molar-refractivity contribution in [1.29, 1.82) is 0 Å². The number of carbonyl (C=O) groups excluding carboxylic acids is 1. The first-order valence-electron chi connectivity index (χ1n) is 10.5. The zero-order chi connectivity index (χ0) is 22.0. The summed E-state index contributed by atoms with van der Waals surface area (Å²) in [5, 5.41) is 1.73. The number of halogens is 2. The standard InChI is InChI=1S/C25H26F2N2O2/c1-25(26,27)20-8-10-21(11-9-20)31-23-6-2-5-18-14-19(7-12-22(18)23)24(30)29-13-3-4-17(15-28)16-29/h2,5-12,14,17H,3-4,13,15-16,28H2,1H3. The molecule has 1 aliphatic heterocycles. The van der Waals surface area contributed by atoms with Gasteiger partial charge in [-0.05, 0) is 79.2 Å². The van der Waals surface area contributed by atoms with Gasteiger partial charge in [0, 0.05) is 36.5 Å². The van der Waals surface area contributed by atoms with Crippen molar-refractivity contribution >= 4 is 16.7 Å². The monoisotopic (exact) mass is 424 g/mol. The molecule has 0 aliphatic carbocycles. The zero-order valence-corrected chi connectivity index (χ0v) is 17.5. The van der Waals surface area contributed by atoms with Crippen molar-refractivity contribution in [1.82, 2.24) is 4.90 Å². The van der Waals surface area contributed by atoms with Gasteiger partial charge in [-0.3, -0.25) is 4.79 Å². The Labute approximate surface area is 180 Å². The van der Waals surface area contributed by atoms with Crippen molar-refractivity contribution in [2.45, 2.75) is 25.7 Å². The number of fused-ring (bicyclic) bond motifs is 1. The van der Waals surface area contributed by atoms with E-state index in [0.29, 0.717) is 36.1 Å². The molecule has 1 atom stereocenters. The maximum atomic E-state index is 13.4. The Bertz CT molecular complexity index is 1080. The van der Waals surface area contributed by atoms with Gasteiger partial charge in [-0.25, -0.2) is 8.78 Å². The molecule has 1 unspecified atom stereocenters. The number of likely N-dealkylation sites (tertiary alicyclic amines) is 1. The maximum Gasteiger partial charge on any atom is 0.270 e. The van der Waals surface area contributed by atoms with Crippen LogP contribution in [0.15, 0.2) is 60.7 Å². The van der Waals surface area contributed by atoms with Crippen LogP contribution in [0.25, 0.3) is 10.8 Å². The molecule has 4 nitrogen and oxygen atoms in total. The molecule has 0 radical (unpaired) electrons. The Hall–Kier alpha value is -2.99. The summed E-state index contributed by atoms with van der Waals surface area (Å²) in [6.45, 7) is 2.91. The first-order chi connectivity index (χ1) is 14.8. The van der Waals surface area contributed by atoms with Gasteiger partial charge in [0.1, 0.15) is 11.5 Å². The fourth-order valence-corrected chi connectivity index (χ4v) is 4.04. The molecular weight excluding hydrogens is 398 g/mol. The molecule has 1 heterocycles. The minimum atomic E-state index is -2.89. The molecule has 1 saturated heterocycles. The lowest BCUT2D eigenvalue weighted by Crippen LogP contribution is -2.42. The van der Waals surface area contributed by atoms with Crippen LogP contribution in [0, 0.1) is 5.92 Å². The van der Waals surface area contributed by atoms with Crippen molar-refractivity contribution in [3.8, 4) is 11.5 Å². The Kier molecular flexibility index (Phi) is 5.92. The number of hydrogen-bond donors (Lipinski definition) is 1. The van der Waals surface area contributed by atoms with Crippen LogP contribution in [0.2, 0.25) is 0 Å². The first kappa shape index (κ1) is 21.2. The SMILES string of the molecule is CC(F)(F)c1ccc(Oc2cccc3cc(C(=O)N4CCCC(CN)C4)ccc23)cc1. The summed E-state index contributed by atoms with van der Waals surface area (Å²) in [5.74, 6) is -1.44. The van der Waals surface area contributed by atoms with Crippen molar-refractivity contribution < 1.29 is 18.3 Å². The van der Waals surface area contributed by atoms with Crippen LogP contribution in [0.3, 0.4) is 0 Å². The van der Waals surface area contributed by atoms with Gasteiger partial charge in [0.05, 0.1) is 0 Å². The first-order valence-corrected chi connectivity index (χ1v) is 10.5. The number of rotatable bonds is 5. The molecule has 2 N–H and O–H groups in total. The lowest BCUT2D eigenvalue weighted by Gasteiger charge is -2.32. The summed E-state index contributed by atoms with van der Waals surface area (Å²) < 4.78 is 32.8. The number of carbonyl (C=O) groups is 1. The number of benzene rings is 3. The molecule has 1 amide bonds. The third kappa shape index (κ3) is 4.69. The van der Waals surface area contributed by atoms with Crippen molar-refractivity contribution in [2.24, 2.45) is 11.7 Å². The highest BCUT2D eigenvalue weighted by Gasteiger charge is 2.25. The summed E-state index contributed by atoms with van der Waals surface area (Å²) in [5.41, 5.74) is 6.38. The molecule has 3 aromatic rings. The van der Waals surface area contributed by atoms with Gasteiger partial charge in [-0.1, -0.05) is 12.1 Å². The van der Waals surface area contributed by atoms with E-state index in [1.54, 1.807) is 0 Å². The molecule has 0 spiro atoms. The van der Waals surface area contributed by atoms with Gasteiger partial charge >= 0.3 is 0 Å². The van der Waals surface area contributed by atoms with Gasteiger partial charge < -0.3 is 15.4 Å². The van der Waals surface area contributed by atoms with Crippen LogP contribution in [-0.2, 0) is 5.92 Å². The highest BCUT2D eigenvalue weighted by atomic mass is 19.3. The van der Waals surface area contributed by atoms with E-state index in [1.165, 1.54) is 24.3 Å². The minimum absolute atomic E-state index is 0.0162. The largest absolute Gasteiger partial charge is 0.457 e. The number of amides is 1. The van der Waals surface area contributed by atoms with Gasteiger partial charge in [0.15, 0.2) is 0 Å². The maximum absolute atomic E-state index is 13.4. The van der Waals surface area contributed by atoms with Crippen LogP contribution >= 0.6 is 0 Å². The third-order valence-corrected chi connectivity index (χ3v) is 5.82. The van der Waals surface area contributed by atoms with E-state index in [2.05, 4.69) is 0 Å². The molecule has 0 saturated carbocycles. The summed E-state index contributed by atoms with van der Waals surface area (Å²) in [6, 6.07) is 17.0. The van der Waals surface area contributed by atoms with E-state index >= 15 is 0 Å². The van der Waals surface area contributed by atoms with Crippen molar-refractivity contribution in [3.63, 3.8) is 0 Å². The molecule has 4 rings (SSSR count). The smallest absolute Gasteiger partial charge is 0.270 e. The predicted octanol–water partition coefficient (Wildman–Crippen LogP) is 5.55. The molecule has 1 fully saturated rings. The predicted molar refractivity (Wildman–Crippen MR) is 118 cm³/mol. The van der Waals surface area contributed by atoms with E-state index in [-0.39, 0.29) is 11.5 Å². The zero-order valence-electron chi connectivity index (χ0n) is 17.5. The van der Waals surface area contributed by atoms with E-state index in [0.717, 1.165) is 37.1 Å². The fraction of sp³-hybridized carbons (Fsp3) is 0.320. The molecule has 1 aliphatic rings. The molecule has 0 aromatic heterocycles. The molecule has 6 heteroatoms. The summed E-state index contributed by atoms with van der Waals surface area (Å²) in [6.07, 6.45) is 2.04. The van der Waals surface area contributed by atoms with Crippen molar-refractivity contribution in [2.75, 3.05) is 19.6 Å². The van der Waals surface area contributed by atoms with E-state index < -0.39 is 5.92 Å². The topological polar surface area (TPSA) is 55.6 Å². The summed E-state index contributed by atoms with van der Waals surface area (Å²) >= 11 is 0. The Morgan fingerprint density at radius 2 is 1.94 bits per heavy atom. The third-order valence-electron chi connectivity index (χ3n) is 5.82. The number of hydrogen-bond acceptors (Lipinski definition) is 3. The lowest BCUT2D eigenvalue weighted by atomic mass is 9.97. The second-order valence-electron chi connectivity index (χ2n) is 8.20.